The van der Waals surface area contributed by atoms with Crippen LogP contribution < -0.4 is 5.32 Å². The van der Waals surface area contributed by atoms with Gasteiger partial charge in [0.15, 0.2) is 23.3 Å². The van der Waals surface area contributed by atoms with Crippen LogP contribution in [0.15, 0.2) is 0 Å². The maximum Gasteiger partial charge on any atom is 0.518 e. The first-order valence-corrected chi connectivity index (χ1v) is 8.00. The highest BCUT2D eigenvalue weighted by molar-refractivity contribution is 6.60. The Bertz CT molecular complexity index is 482. The van der Waals surface area contributed by atoms with Crippen LogP contribution in [-0.4, -0.2) is 33.0 Å². The maximum absolute atomic E-state index is 13.4. The van der Waals surface area contributed by atoms with Gasteiger partial charge in [-0.15, -0.1) is 0 Å². The Morgan fingerprint density at radius 2 is 1.24 bits per heavy atom. The molecule has 0 aliphatic carbocycles. The smallest absolute Gasteiger partial charge is 0.389 e. The normalized spacial score (nSPS) is 11.8. The van der Waals surface area contributed by atoms with Crippen molar-refractivity contribution in [1.82, 2.24) is 0 Å². The fraction of sp³-hybridized carbons (Fsp3) is 0.455. The first-order valence-electron chi connectivity index (χ1n) is 6.03. The number of hydrogen-bond acceptors (Lipinski definition) is 4. The number of nitrogens with one attached hydrogen (secondary N) is 1. The van der Waals surface area contributed by atoms with Crippen LogP contribution in [0.25, 0.3) is 0 Å². The molecular formula is C11H14F5NO3Si. The third kappa shape index (κ3) is 3.90. The predicted octanol–water partition coefficient (Wildman–Crippen LogP) is 2.34. The van der Waals surface area contributed by atoms with Gasteiger partial charge in [-0.05, 0) is 13.8 Å². The van der Waals surface area contributed by atoms with E-state index >= 15 is 0 Å². The topological polar surface area (TPSA) is 50.7 Å². The fourth-order valence-electron chi connectivity index (χ4n) is 1.55. The molecule has 0 heterocycles. The molecule has 1 aromatic carbocycles. The van der Waals surface area contributed by atoms with Crippen LogP contribution in [0.1, 0.15) is 13.8 Å². The summed E-state index contributed by atoms with van der Waals surface area (Å²) in [5.41, 5.74) is -1.24. The van der Waals surface area contributed by atoms with Crippen molar-refractivity contribution in [2.24, 2.45) is 0 Å². The summed E-state index contributed by atoms with van der Waals surface area (Å²) in [5.74, 6) is -10.4. The van der Waals surface area contributed by atoms with Crippen LogP contribution in [0.5, 0.6) is 0 Å². The number of rotatable bonds is 7. The lowest BCUT2D eigenvalue weighted by molar-refractivity contribution is 0.111. The minimum atomic E-state index is -3.81. The lowest BCUT2D eigenvalue weighted by atomic mass is 10.2. The molecule has 0 atom stereocenters. The summed E-state index contributed by atoms with van der Waals surface area (Å²) in [7, 11) is -3.81. The monoisotopic (exact) mass is 331 g/mol. The third-order valence-corrected chi connectivity index (χ3v) is 4.54. The van der Waals surface area contributed by atoms with Crippen LogP contribution >= 0.6 is 0 Å². The third-order valence-electron chi connectivity index (χ3n) is 2.44. The van der Waals surface area contributed by atoms with Crippen molar-refractivity contribution in [3.63, 3.8) is 0 Å². The van der Waals surface area contributed by atoms with Crippen LogP contribution in [-0.2, 0) is 8.85 Å². The molecule has 0 unspecified atom stereocenters. The molecule has 0 saturated heterocycles. The van der Waals surface area contributed by atoms with Gasteiger partial charge in [0.2, 0.25) is 5.82 Å². The molecule has 0 saturated carbocycles. The van der Waals surface area contributed by atoms with Crippen molar-refractivity contribution in [2.45, 2.75) is 13.8 Å². The van der Waals surface area contributed by atoms with Gasteiger partial charge in [-0.1, -0.05) is 0 Å². The first kappa shape index (κ1) is 17.8. The van der Waals surface area contributed by atoms with Crippen LogP contribution in [0, 0.1) is 29.1 Å². The molecule has 0 aliphatic heterocycles. The van der Waals surface area contributed by atoms with E-state index in [1.807, 2.05) is 5.32 Å². The Kier molecular flexibility index (Phi) is 6.07. The van der Waals surface area contributed by atoms with Crippen molar-refractivity contribution in [2.75, 3.05) is 24.7 Å². The summed E-state index contributed by atoms with van der Waals surface area (Å²) >= 11 is 0. The average Bonchev–Trinajstić information content (AvgIpc) is 2.43. The Balaban J connectivity index is 3.03. The summed E-state index contributed by atoms with van der Waals surface area (Å²) in [4.78, 5) is 9.97. The summed E-state index contributed by atoms with van der Waals surface area (Å²) in [6.45, 7) is 3.22. The molecule has 0 fully saturated rings. The standard InChI is InChI=1S/C11H14F5NO3Si/c1-3-19-21(18,20-4-2)5-17-11-9(15)7(13)6(12)8(14)10(11)16/h17-18H,3-5H2,1-2H3. The minimum Gasteiger partial charge on any atom is -0.389 e. The fourth-order valence-corrected chi connectivity index (χ4v) is 3.14. The van der Waals surface area contributed by atoms with Gasteiger partial charge in [0.25, 0.3) is 0 Å². The number of hydrogen-bond donors (Lipinski definition) is 2. The highest BCUT2D eigenvalue weighted by Gasteiger charge is 2.37. The van der Waals surface area contributed by atoms with Crippen molar-refractivity contribution in [3.8, 4) is 0 Å². The molecule has 120 valence electrons. The Hall–Kier alpha value is -1.23. The molecule has 1 rings (SSSR count). The van der Waals surface area contributed by atoms with E-state index in [9.17, 15) is 26.7 Å². The SMILES string of the molecule is CCO[Si](O)(CNc1c(F)c(F)c(F)c(F)c1F)OCC. The van der Waals surface area contributed by atoms with Crippen molar-refractivity contribution in [3.05, 3.63) is 29.1 Å². The first-order chi connectivity index (χ1) is 9.77. The highest BCUT2D eigenvalue weighted by Crippen LogP contribution is 2.27. The Morgan fingerprint density at radius 3 is 1.62 bits per heavy atom. The molecule has 0 aliphatic rings. The lowest BCUT2D eigenvalue weighted by Crippen LogP contribution is -2.49. The molecule has 10 heteroatoms. The van der Waals surface area contributed by atoms with Crippen LogP contribution in [0.4, 0.5) is 27.6 Å². The predicted molar refractivity (Wildman–Crippen MR) is 65.9 cm³/mol. The minimum absolute atomic E-state index is 0.0571. The van der Waals surface area contributed by atoms with Crippen LogP contribution in [0.3, 0.4) is 0 Å². The molecule has 0 bridgehead atoms. The molecule has 4 nitrogen and oxygen atoms in total. The molecule has 21 heavy (non-hydrogen) atoms. The van der Waals surface area contributed by atoms with Crippen molar-refractivity contribution in [1.29, 1.82) is 0 Å². The molecular weight excluding hydrogens is 317 g/mol. The van der Waals surface area contributed by atoms with E-state index in [4.69, 9.17) is 8.85 Å². The van der Waals surface area contributed by atoms with Gasteiger partial charge in [-0.2, -0.15) is 0 Å². The zero-order valence-electron chi connectivity index (χ0n) is 11.3. The van der Waals surface area contributed by atoms with Gasteiger partial charge in [0.1, 0.15) is 5.69 Å². The van der Waals surface area contributed by atoms with Gasteiger partial charge in [-0.3, -0.25) is 0 Å². The molecule has 0 amide bonds. The summed E-state index contributed by atoms with van der Waals surface area (Å²) < 4.78 is 75.6. The van der Waals surface area contributed by atoms with Gasteiger partial charge in [-0.25, -0.2) is 22.0 Å². The molecule has 2 N–H and O–H groups in total. The van der Waals surface area contributed by atoms with E-state index in [2.05, 4.69) is 0 Å². The average molecular weight is 331 g/mol. The zero-order chi connectivity index (χ0) is 16.2. The summed E-state index contributed by atoms with van der Waals surface area (Å²) in [6, 6.07) is 0. The lowest BCUT2D eigenvalue weighted by Gasteiger charge is -2.24. The van der Waals surface area contributed by atoms with Crippen molar-refractivity contribution < 1.29 is 35.6 Å². The second-order valence-corrected chi connectivity index (χ2v) is 6.23. The van der Waals surface area contributed by atoms with E-state index in [1.165, 1.54) is 0 Å². The second-order valence-electron chi connectivity index (χ2n) is 3.88. The van der Waals surface area contributed by atoms with Gasteiger partial charge in [0.05, 0.1) is 6.17 Å². The maximum atomic E-state index is 13.4. The van der Waals surface area contributed by atoms with E-state index in [-0.39, 0.29) is 13.2 Å². The Labute approximate surface area is 118 Å². The quantitative estimate of drug-likeness (QED) is 0.348. The molecule has 0 aromatic heterocycles. The van der Waals surface area contributed by atoms with Crippen molar-refractivity contribution >= 4 is 14.5 Å². The van der Waals surface area contributed by atoms with E-state index in [1.54, 1.807) is 13.8 Å². The van der Waals surface area contributed by atoms with Gasteiger partial charge < -0.3 is 19.0 Å². The van der Waals surface area contributed by atoms with E-state index < -0.39 is 49.7 Å². The summed E-state index contributed by atoms with van der Waals surface area (Å²) in [6.07, 6.45) is -0.604. The van der Waals surface area contributed by atoms with E-state index in [0.29, 0.717) is 0 Å². The highest BCUT2D eigenvalue weighted by atomic mass is 28.4. The molecule has 1 aromatic rings. The van der Waals surface area contributed by atoms with Gasteiger partial charge in [0, 0.05) is 13.2 Å². The molecule has 0 radical (unpaired) electrons. The molecule has 0 spiro atoms. The zero-order valence-corrected chi connectivity index (χ0v) is 12.3. The second kappa shape index (κ2) is 7.16. The summed E-state index contributed by atoms with van der Waals surface area (Å²) in [5, 5.41) is 1.97. The largest absolute Gasteiger partial charge is 0.518 e. The van der Waals surface area contributed by atoms with Gasteiger partial charge >= 0.3 is 8.80 Å². The number of halogens is 5. The number of anilines is 1. The Morgan fingerprint density at radius 1 is 0.857 bits per heavy atom. The van der Waals surface area contributed by atoms with Crippen LogP contribution in [0.2, 0.25) is 0 Å². The van der Waals surface area contributed by atoms with E-state index in [0.717, 1.165) is 0 Å². The number of benzene rings is 1.